The number of aliphatic hydroxyl groups excluding tert-OH is 2. The molecule has 1 atom stereocenters. The van der Waals surface area contributed by atoms with E-state index in [4.69, 9.17) is 10.00 Å². The molecule has 5 nitrogen and oxygen atoms in total. The zero-order valence-corrected chi connectivity index (χ0v) is 12.3. The van der Waals surface area contributed by atoms with Gasteiger partial charge in [0, 0.05) is 13.1 Å². The van der Waals surface area contributed by atoms with Gasteiger partial charge in [-0.3, -0.25) is 0 Å². The maximum Gasteiger partial charge on any atom is 0.119 e. The fraction of sp³-hybridized carbons (Fsp3) is 0.562. The molecule has 1 saturated carbocycles. The second-order valence-corrected chi connectivity index (χ2v) is 5.81. The monoisotopic (exact) mass is 290 g/mol. The minimum atomic E-state index is -0.560. The highest BCUT2D eigenvalue weighted by atomic mass is 16.5. The van der Waals surface area contributed by atoms with Crippen LogP contribution in [0.2, 0.25) is 0 Å². The number of ether oxygens (including phenoxy) is 1. The minimum absolute atomic E-state index is 0.131. The van der Waals surface area contributed by atoms with Gasteiger partial charge in [-0.1, -0.05) is 0 Å². The summed E-state index contributed by atoms with van der Waals surface area (Å²) in [4.78, 5) is 2.07. The molecule has 1 aliphatic carbocycles. The molecular weight excluding hydrogens is 268 g/mol. The van der Waals surface area contributed by atoms with Gasteiger partial charge in [0.1, 0.15) is 18.5 Å². The normalized spacial score (nSPS) is 22.4. The molecule has 1 aromatic rings. The summed E-state index contributed by atoms with van der Waals surface area (Å²) >= 11 is 0. The van der Waals surface area contributed by atoms with Gasteiger partial charge in [-0.05, 0) is 50.1 Å². The van der Waals surface area contributed by atoms with E-state index in [1.54, 1.807) is 24.3 Å². The molecule has 0 bridgehead atoms. The highest BCUT2D eigenvalue weighted by Gasteiger charge is 2.28. The average molecular weight is 290 g/mol. The van der Waals surface area contributed by atoms with Crippen molar-refractivity contribution in [2.75, 3.05) is 26.7 Å². The summed E-state index contributed by atoms with van der Waals surface area (Å²) in [6.07, 6.45) is 1.04. The molecule has 1 unspecified atom stereocenters. The van der Waals surface area contributed by atoms with Crippen LogP contribution in [0, 0.1) is 17.2 Å². The third-order valence-corrected chi connectivity index (χ3v) is 3.73. The Balaban J connectivity index is 1.66. The first-order chi connectivity index (χ1) is 10.1. The Kier molecular flexibility index (Phi) is 5.57. The molecule has 1 aromatic carbocycles. The van der Waals surface area contributed by atoms with Crippen molar-refractivity contribution in [3.05, 3.63) is 29.8 Å². The lowest BCUT2D eigenvalue weighted by Crippen LogP contribution is -2.40. The summed E-state index contributed by atoms with van der Waals surface area (Å²) in [6, 6.07) is 8.88. The second-order valence-electron chi connectivity index (χ2n) is 5.81. The molecule has 1 aliphatic rings. The molecule has 0 spiro atoms. The Labute approximate surface area is 125 Å². The number of nitrogens with zero attached hydrogens (tertiary/aromatic N) is 2. The van der Waals surface area contributed by atoms with Crippen molar-refractivity contribution in [1.82, 2.24) is 4.90 Å². The third kappa shape index (κ3) is 5.01. The lowest BCUT2D eigenvalue weighted by Gasteiger charge is -2.35. The molecule has 0 radical (unpaired) electrons. The van der Waals surface area contributed by atoms with E-state index < -0.39 is 6.10 Å². The van der Waals surface area contributed by atoms with Crippen molar-refractivity contribution in [3.8, 4) is 11.8 Å². The van der Waals surface area contributed by atoms with Crippen LogP contribution < -0.4 is 4.74 Å². The van der Waals surface area contributed by atoms with E-state index >= 15 is 0 Å². The summed E-state index contributed by atoms with van der Waals surface area (Å²) in [6.45, 7) is 1.66. The molecule has 0 heterocycles. The van der Waals surface area contributed by atoms with Gasteiger partial charge in [0.2, 0.25) is 0 Å². The molecule has 21 heavy (non-hydrogen) atoms. The summed E-state index contributed by atoms with van der Waals surface area (Å²) in [5.74, 6) is 1.19. The Morgan fingerprint density at radius 2 is 2.05 bits per heavy atom. The SMILES string of the molecule is CN(CC(O)COc1ccc(C#N)cc1)CC1CC(O)C1. The van der Waals surface area contributed by atoms with Crippen molar-refractivity contribution in [2.45, 2.75) is 25.0 Å². The van der Waals surface area contributed by atoms with Gasteiger partial charge < -0.3 is 19.8 Å². The van der Waals surface area contributed by atoms with Crippen molar-refractivity contribution < 1.29 is 14.9 Å². The summed E-state index contributed by atoms with van der Waals surface area (Å²) in [5.41, 5.74) is 0.588. The highest BCUT2D eigenvalue weighted by molar-refractivity contribution is 5.34. The molecule has 2 rings (SSSR count). The van der Waals surface area contributed by atoms with Gasteiger partial charge in [0.15, 0.2) is 0 Å². The van der Waals surface area contributed by atoms with Crippen LogP contribution in [-0.2, 0) is 0 Å². The minimum Gasteiger partial charge on any atom is -0.491 e. The number of nitriles is 1. The van der Waals surface area contributed by atoms with Gasteiger partial charge in [-0.15, -0.1) is 0 Å². The predicted molar refractivity (Wildman–Crippen MR) is 78.9 cm³/mol. The molecular formula is C16H22N2O3. The van der Waals surface area contributed by atoms with Gasteiger partial charge in [0.05, 0.1) is 17.7 Å². The molecule has 0 saturated heterocycles. The number of hydrogen-bond donors (Lipinski definition) is 2. The Hall–Kier alpha value is -1.61. The number of hydrogen-bond acceptors (Lipinski definition) is 5. The lowest BCUT2D eigenvalue weighted by molar-refractivity contribution is 0.0162. The average Bonchev–Trinajstić information content (AvgIpc) is 2.44. The van der Waals surface area contributed by atoms with Crippen LogP contribution in [0.15, 0.2) is 24.3 Å². The molecule has 2 N–H and O–H groups in total. The maximum absolute atomic E-state index is 9.97. The van der Waals surface area contributed by atoms with Crippen molar-refractivity contribution in [1.29, 1.82) is 5.26 Å². The Bertz CT molecular complexity index is 477. The lowest BCUT2D eigenvalue weighted by atomic mass is 9.82. The quantitative estimate of drug-likeness (QED) is 0.783. The van der Waals surface area contributed by atoms with Gasteiger partial charge in [-0.25, -0.2) is 0 Å². The first kappa shape index (κ1) is 15.8. The van der Waals surface area contributed by atoms with E-state index in [-0.39, 0.29) is 12.7 Å². The van der Waals surface area contributed by atoms with E-state index in [0.717, 1.165) is 19.4 Å². The number of likely N-dealkylation sites (N-methyl/N-ethyl adjacent to an activating group) is 1. The predicted octanol–water partition coefficient (Wildman–Crippen LogP) is 1.00. The molecule has 0 aromatic heterocycles. The van der Waals surface area contributed by atoms with Crippen LogP contribution in [0.3, 0.4) is 0 Å². The highest BCUT2D eigenvalue weighted by Crippen LogP contribution is 2.27. The van der Waals surface area contributed by atoms with Crippen LogP contribution in [-0.4, -0.2) is 54.1 Å². The first-order valence-corrected chi connectivity index (χ1v) is 7.24. The van der Waals surface area contributed by atoms with Crippen molar-refractivity contribution in [2.24, 2.45) is 5.92 Å². The maximum atomic E-state index is 9.97. The van der Waals surface area contributed by atoms with E-state index in [1.165, 1.54) is 0 Å². The Morgan fingerprint density at radius 1 is 1.38 bits per heavy atom. The zero-order valence-electron chi connectivity index (χ0n) is 12.3. The van der Waals surface area contributed by atoms with E-state index in [0.29, 0.717) is 23.8 Å². The fourth-order valence-electron chi connectivity index (χ4n) is 2.60. The summed E-state index contributed by atoms with van der Waals surface area (Å²) < 4.78 is 5.50. The molecule has 0 aliphatic heterocycles. The third-order valence-electron chi connectivity index (χ3n) is 3.73. The second kappa shape index (κ2) is 7.41. The zero-order chi connectivity index (χ0) is 15.2. The van der Waals surface area contributed by atoms with E-state index in [9.17, 15) is 10.2 Å². The van der Waals surface area contributed by atoms with Crippen LogP contribution in [0.4, 0.5) is 0 Å². The fourth-order valence-corrected chi connectivity index (χ4v) is 2.60. The number of aliphatic hydroxyl groups is 2. The van der Waals surface area contributed by atoms with Gasteiger partial charge in [-0.2, -0.15) is 5.26 Å². The van der Waals surface area contributed by atoms with E-state index in [2.05, 4.69) is 4.90 Å². The summed E-state index contributed by atoms with van der Waals surface area (Å²) in [5, 5.41) is 27.9. The largest absolute Gasteiger partial charge is 0.491 e. The standard InChI is InChI=1S/C16H22N2O3/c1-18(9-13-6-14(19)7-13)10-15(20)11-21-16-4-2-12(8-17)3-5-16/h2-5,13-15,19-20H,6-7,9-11H2,1H3. The molecule has 114 valence electrons. The smallest absolute Gasteiger partial charge is 0.119 e. The first-order valence-electron chi connectivity index (χ1n) is 7.24. The number of benzene rings is 1. The van der Waals surface area contributed by atoms with Crippen molar-refractivity contribution >= 4 is 0 Å². The van der Waals surface area contributed by atoms with Crippen LogP contribution in [0.25, 0.3) is 0 Å². The van der Waals surface area contributed by atoms with E-state index in [1.807, 2.05) is 13.1 Å². The van der Waals surface area contributed by atoms with Crippen LogP contribution >= 0.6 is 0 Å². The summed E-state index contributed by atoms with van der Waals surface area (Å²) in [7, 11) is 1.97. The topological polar surface area (TPSA) is 76.7 Å². The van der Waals surface area contributed by atoms with Crippen LogP contribution in [0.1, 0.15) is 18.4 Å². The molecule has 0 amide bonds. The van der Waals surface area contributed by atoms with Gasteiger partial charge >= 0.3 is 0 Å². The molecule has 5 heteroatoms. The molecule has 1 fully saturated rings. The van der Waals surface area contributed by atoms with Crippen molar-refractivity contribution in [3.63, 3.8) is 0 Å². The van der Waals surface area contributed by atoms with Crippen LogP contribution in [0.5, 0.6) is 5.75 Å². The Morgan fingerprint density at radius 3 is 2.62 bits per heavy atom. The number of rotatable bonds is 7. The van der Waals surface area contributed by atoms with Gasteiger partial charge in [0.25, 0.3) is 0 Å².